The molecule has 1 fully saturated rings. The third-order valence-corrected chi connectivity index (χ3v) is 5.12. The van der Waals surface area contributed by atoms with Gasteiger partial charge in [0.1, 0.15) is 31.0 Å². The fraction of sp³-hybridized carbons (Fsp3) is 0.364. The van der Waals surface area contributed by atoms with E-state index in [0.29, 0.717) is 16.7 Å². The second kappa shape index (κ2) is 9.46. The molecule has 3 unspecified atom stereocenters. The van der Waals surface area contributed by atoms with Crippen LogP contribution in [0.25, 0.3) is 0 Å². The Morgan fingerprint density at radius 3 is 2.30 bits per heavy atom. The van der Waals surface area contributed by atoms with Crippen molar-refractivity contribution >= 4 is 11.8 Å². The molecule has 0 saturated carbocycles. The van der Waals surface area contributed by atoms with Gasteiger partial charge in [-0.2, -0.15) is 0 Å². The van der Waals surface area contributed by atoms with E-state index in [4.69, 9.17) is 9.47 Å². The number of aliphatic hydroxyl groups excluding tert-OH is 4. The number of benzene rings is 2. The zero-order valence-corrected chi connectivity index (χ0v) is 16.3. The van der Waals surface area contributed by atoms with Gasteiger partial charge in [-0.25, -0.2) is 0 Å². The zero-order valence-electron chi connectivity index (χ0n) is 16.3. The van der Waals surface area contributed by atoms with Gasteiger partial charge < -0.3 is 29.9 Å². The van der Waals surface area contributed by atoms with Crippen molar-refractivity contribution in [2.24, 2.45) is 0 Å². The largest absolute Gasteiger partial charge is 0.462 e. The fourth-order valence-corrected chi connectivity index (χ4v) is 3.20. The summed E-state index contributed by atoms with van der Waals surface area (Å²) in [5.74, 6) is -1.52. The van der Waals surface area contributed by atoms with Crippen LogP contribution in [-0.2, 0) is 14.3 Å². The number of hydrogen-bond acceptors (Lipinski definition) is 8. The van der Waals surface area contributed by atoms with E-state index in [0.717, 1.165) is 0 Å². The molecule has 1 heterocycles. The predicted octanol–water partition coefficient (Wildman–Crippen LogP) is 0.364. The molecule has 8 heteroatoms. The van der Waals surface area contributed by atoms with Crippen LogP contribution in [0.1, 0.15) is 34.3 Å². The molecule has 8 nitrogen and oxygen atoms in total. The lowest BCUT2D eigenvalue weighted by Crippen LogP contribution is -2.58. The van der Waals surface area contributed by atoms with Crippen LogP contribution in [0.3, 0.4) is 0 Å². The van der Waals surface area contributed by atoms with Crippen molar-refractivity contribution in [2.45, 2.75) is 43.5 Å². The van der Waals surface area contributed by atoms with Gasteiger partial charge in [0.05, 0.1) is 5.92 Å². The van der Waals surface area contributed by atoms with Crippen molar-refractivity contribution < 1.29 is 39.5 Å². The molecule has 0 aliphatic carbocycles. The minimum Gasteiger partial charge on any atom is -0.462 e. The Morgan fingerprint density at radius 2 is 1.60 bits per heavy atom. The van der Waals surface area contributed by atoms with Gasteiger partial charge in [-0.05, 0) is 18.6 Å². The number of hydrogen-bond donors (Lipinski definition) is 4. The molecule has 30 heavy (non-hydrogen) atoms. The molecule has 4 N–H and O–H groups in total. The highest BCUT2D eigenvalue weighted by molar-refractivity contribution is 6.09. The average molecular weight is 416 g/mol. The van der Waals surface area contributed by atoms with E-state index < -0.39 is 49.2 Å². The van der Waals surface area contributed by atoms with E-state index in [1.54, 1.807) is 55.5 Å². The Hall–Kier alpha value is -2.62. The van der Waals surface area contributed by atoms with E-state index >= 15 is 0 Å². The minimum absolute atomic E-state index is 0.168. The molecule has 2 aromatic rings. The molecular weight excluding hydrogens is 392 g/mol. The maximum atomic E-state index is 12.6. The van der Waals surface area contributed by atoms with Crippen LogP contribution in [0, 0.1) is 0 Å². The molecule has 1 aliphatic heterocycles. The van der Waals surface area contributed by atoms with Gasteiger partial charge in [-0.15, -0.1) is 0 Å². The van der Waals surface area contributed by atoms with Crippen molar-refractivity contribution in [2.75, 3.05) is 6.61 Å². The van der Waals surface area contributed by atoms with Crippen molar-refractivity contribution in [3.8, 4) is 0 Å². The molecule has 0 spiro atoms. The van der Waals surface area contributed by atoms with Gasteiger partial charge in [0.25, 0.3) is 0 Å². The normalized spacial score (nSPS) is 27.3. The Morgan fingerprint density at radius 1 is 0.933 bits per heavy atom. The number of carbonyl (C=O) groups excluding carboxylic acids is 2. The molecule has 1 aliphatic rings. The molecule has 6 atom stereocenters. The minimum atomic E-state index is -1.70. The monoisotopic (exact) mass is 416 g/mol. The summed E-state index contributed by atoms with van der Waals surface area (Å²) < 4.78 is 10.2. The number of aliphatic hydroxyl groups is 4. The molecule has 0 amide bonds. The highest BCUT2D eigenvalue weighted by Crippen LogP contribution is 2.23. The first-order valence-electron chi connectivity index (χ1n) is 9.53. The fourth-order valence-electron chi connectivity index (χ4n) is 3.20. The second-order valence-electron chi connectivity index (χ2n) is 7.21. The van der Waals surface area contributed by atoms with Gasteiger partial charge in [0, 0.05) is 11.1 Å². The van der Waals surface area contributed by atoms with E-state index in [9.17, 15) is 30.0 Å². The Bertz CT molecular complexity index is 884. The first kappa shape index (κ1) is 22.1. The van der Waals surface area contributed by atoms with Crippen molar-refractivity contribution in [1.82, 2.24) is 0 Å². The van der Waals surface area contributed by atoms with Crippen molar-refractivity contribution in [3.05, 3.63) is 71.3 Å². The summed E-state index contributed by atoms with van der Waals surface area (Å²) in [6.07, 6.45) is -7.71. The number of ether oxygens (including phenoxy) is 2. The summed E-state index contributed by atoms with van der Waals surface area (Å²) in [6, 6.07) is 15.4. The Labute approximate surface area is 173 Å². The van der Waals surface area contributed by atoms with Crippen LogP contribution in [-0.4, -0.2) is 69.5 Å². The lowest BCUT2D eigenvalue weighted by molar-refractivity contribution is -0.287. The van der Waals surface area contributed by atoms with Crippen molar-refractivity contribution in [3.63, 3.8) is 0 Å². The molecule has 1 saturated heterocycles. The van der Waals surface area contributed by atoms with Gasteiger partial charge in [0.2, 0.25) is 0 Å². The maximum Gasteiger partial charge on any atom is 0.313 e. The van der Waals surface area contributed by atoms with Crippen LogP contribution in [0.5, 0.6) is 0 Å². The second-order valence-corrected chi connectivity index (χ2v) is 7.21. The summed E-state index contributed by atoms with van der Waals surface area (Å²) in [6.45, 7) is 1.19. The van der Waals surface area contributed by atoms with Crippen LogP contribution in [0.4, 0.5) is 0 Å². The van der Waals surface area contributed by atoms with Gasteiger partial charge in [-0.3, -0.25) is 9.59 Å². The quantitative estimate of drug-likeness (QED) is 0.392. The third-order valence-electron chi connectivity index (χ3n) is 5.12. The molecule has 3 rings (SSSR count). The number of esters is 1. The van der Waals surface area contributed by atoms with E-state index in [2.05, 4.69) is 0 Å². The highest BCUT2D eigenvalue weighted by atomic mass is 16.6. The first-order chi connectivity index (χ1) is 14.3. The molecule has 0 aromatic heterocycles. The SMILES string of the molecule is CC(C(=O)OCC1O[C@H](O)C(O)[C@@H](O)[C@H]1O)c1cccc(C(=O)c2ccccc2)c1. The van der Waals surface area contributed by atoms with Crippen LogP contribution in [0.2, 0.25) is 0 Å². The third kappa shape index (κ3) is 4.75. The van der Waals surface area contributed by atoms with E-state index in [1.807, 2.05) is 6.07 Å². The smallest absolute Gasteiger partial charge is 0.313 e. The average Bonchev–Trinajstić information content (AvgIpc) is 2.78. The molecule has 2 aromatic carbocycles. The number of carbonyl (C=O) groups is 2. The molecule has 160 valence electrons. The van der Waals surface area contributed by atoms with Crippen LogP contribution >= 0.6 is 0 Å². The van der Waals surface area contributed by atoms with Gasteiger partial charge >= 0.3 is 5.97 Å². The first-order valence-corrected chi connectivity index (χ1v) is 9.53. The summed E-state index contributed by atoms with van der Waals surface area (Å²) in [7, 11) is 0. The highest BCUT2D eigenvalue weighted by Gasteiger charge is 2.43. The Balaban J connectivity index is 1.64. The van der Waals surface area contributed by atoms with Gasteiger partial charge in [0.15, 0.2) is 12.1 Å². The maximum absolute atomic E-state index is 12.6. The molecule has 0 radical (unpaired) electrons. The zero-order chi connectivity index (χ0) is 21.8. The van der Waals surface area contributed by atoms with Crippen molar-refractivity contribution in [1.29, 1.82) is 0 Å². The van der Waals surface area contributed by atoms with E-state index in [1.165, 1.54) is 0 Å². The Kier molecular flexibility index (Phi) is 6.96. The molecular formula is C22H24O8. The lowest BCUT2D eigenvalue weighted by Gasteiger charge is -2.38. The van der Waals surface area contributed by atoms with E-state index in [-0.39, 0.29) is 5.78 Å². The molecule has 0 bridgehead atoms. The topological polar surface area (TPSA) is 134 Å². The van der Waals surface area contributed by atoms with Crippen LogP contribution in [0.15, 0.2) is 54.6 Å². The number of ketones is 1. The van der Waals surface area contributed by atoms with Gasteiger partial charge in [-0.1, -0.05) is 48.5 Å². The van der Waals surface area contributed by atoms with Crippen LogP contribution < -0.4 is 0 Å². The summed E-state index contributed by atoms with van der Waals surface area (Å²) >= 11 is 0. The predicted molar refractivity (Wildman–Crippen MR) is 105 cm³/mol. The number of rotatable bonds is 6. The summed E-state index contributed by atoms with van der Waals surface area (Å²) in [5.41, 5.74) is 1.54. The standard InChI is InChI=1S/C22H24O8/c1-12(21(27)29-11-16-18(24)19(25)20(26)22(28)30-16)14-8-5-9-15(10-14)17(23)13-6-3-2-4-7-13/h2-10,12,16,18-20,22,24-26,28H,11H2,1H3/t12?,16?,18-,19-,20?,22-/m0/s1. The summed E-state index contributed by atoms with van der Waals surface area (Å²) in [5, 5.41) is 38.7. The summed E-state index contributed by atoms with van der Waals surface area (Å²) in [4.78, 5) is 25.1. The lowest BCUT2D eigenvalue weighted by atomic mass is 9.95.